The van der Waals surface area contributed by atoms with E-state index in [1.807, 2.05) is 6.07 Å². The standard InChI is InChI=1S/C15H7Cl4NO/c16-8-4-5-11(17)9(6-8)15(21)10(7-20)14-12(18)2-1-3-13(14)19/h1-6,10H. The number of hydrogen-bond acceptors (Lipinski definition) is 2. The fourth-order valence-corrected chi connectivity index (χ4v) is 2.88. The molecule has 0 aliphatic rings. The van der Waals surface area contributed by atoms with Gasteiger partial charge in [-0.2, -0.15) is 5.26 Å². The van der Waals surface area contributed by atoms with Crippen molar-refractivity contribution >= 4 is 52.2 Å². The summed E-state index contributed by atoms with van der Waals surface area (Å²) in [5, 5.41) is 10.4. The Morgan fingerprint density at radius 2 is 1.62 bits per heavy atom. The second-order valence-electron chi connectivity index (χ2n) is 4.19. The van der Waals surface area contributed by atoms with Gasteiger partial charge in [0.25, 0.3) is 0 Å². The monoisotopic (exact) mass is 357 g/mol. The zero-order chi connectivity index (χ0) is 15.6. The van der Waals surface area contributed by atoms with Crippen molar-refractivity contribution in [2.24, 2.45) is 0 Å². The summed E-state index contributed by atoms with van der Waals surface area (Å²) in [6.45, 7) is 0. The van der Waals surface area contributed by atoms with Gasteiger partial charge < -0.3 is 0 Å². The van der Waals surface area contributed by atoms with Gasteiger partial charge in [-0.05, 0) is 30.3 Å². The number of benzene rings is 2. The highest BCUT2D eigenvalue weighted by Gasteiger charge is 2.27. The largest absolute Gasteiger partial charge is 0.292 e. The molecule has 2 aromatic rings. The lowest BCUT2D eigenvalue weighted by molar-refractivity contribution is 0.0979. The van der Waals surface area contributed by atoms with Crippen LogP contribution >= 0.6 is 46.4 Å². The molecule has 0 bridgehead atoms. The molecule has 0 saturated carbocycles. The van der Waals surface area contributed by atoms with Gasteiger partial charge >= 0.3 is 0 Å². The second-order valence-corrected chi connectivity index (χ2v) is 5.84. The molecule has 2 nitrogen and oxygen atoms in total. The van der Waals surface area contributed by atoms with Crippen LogP contribution in [0.5, 0.6) is 0 Å². The number of carbonyl (C=O) groups is 1. The van der Waals surface area contributed by atoms with Gasteiger partial charge in [-0.3, -0.25) is 4.79 Å². The van der Waals surface area contributed by atoms with E-state index in [1.54, 1.807) is 24.3 Å². The maximum absolute atomic E-state index is 12.6. The van der Waals surface area contributed by atoms with Crippen LogP contribution in [0.15, 0.2) is 36.4 Å². The van der Waals surface area contributed by atoms with Crippen molar-refractivity contribution in [2.45, 2.75) is 5.92 Å². The van der Waals surface area contributed by atoms with E-state index >= 15 is 0 Å². The first-order valence-electron chi connectivity index (χ1n) is 5.78. The van der Waals surface area contributed by atoms with Gasteiger partial charge in [-0.15, -0.1) is 0 Å². The van der Waals surface area contributed by atoms with E-state index in [4.69, 9.17) is 46.4 Å². The summed E-state index contributed by atoms with van der Waals surface area (Å²) in [6, 6.07) is 11.2. The van der Waals surface area contributed by atoms with Crippen molar-refractivity contribution in [1.82, 2.24) is 0 Å². The van der Waals surface area contributed by atoms with Crippen LogP contribution in [0.25, 0.3) is 0 Å². The Balaban J connectivity index is 2.55. The fourth-order valence-electron chi connectivity index (χ4n) is 1.88. The smallest absolute Gasteiger partial charge is 0.186 e. The Labute approximate surface area is 141 Å². The van der Waals surface area contributed by atoms with Gasteiger partial charge in [-0.1, -0.05) is 52.5 Å². The van der Waals surface area contributed by atoms with Crippen molar-refractivity contribution in [2.75, 3.05) is 0 Å². The van der Waals surface area contributed by atoms with Crippen molar-refractivity contribution in [3.8, 4) is 6.07 Å². The molecule has 0 N–H and O–H groups in total. The average Bonchev–Trinajstić information content (AvgIpc) is 2.45. The zero-order valence-corrected chi connectivity index (χ0v) is 13.4. The fraction of sp³-hybridized carbons (Fsp3) is 0.0667. The van der Waals surface area contributed by atoms with E-state index in [9.17, 15) is 10.1 Å². The summed E-state index contributed by atoms with van der Waals surface area (Å²) < 4.78 is 0. The van der Waals surface area contributed by atoms with Gasteiger partial charge in [0.1, 0.15) is 5.92 Å². The molecule has 2 aromatic carbocycles. The number of nitrogens with zero attached hydrogens (tertiary/aromatic N) is 1. The minimum atomic E-state index is -1.15. The zero-order valence-electron chi connectivity index (χ0n) is 10.4. The summed E-state index contributed by atoms with van der Waals surface area (Å²) in [5.41, 5.74) is 0.427. The normalized spacial score (nSPS) is 11.8. The Kier molecular flexibility index (Phi) is 5.13. The van der Waals surface area contributed by atoms with Crippen molar-refractivity contribution in [3.05, 3.63) is 67.6 Å². The lowest BCUT2D eigenvalue weighted by Crippen LogP contribution is -2.13. The predicted octanol–water partition coefficient (Wildman–Crippen LogP) is 5.79. The number of ketones is 1. The molecule has 106 valence electrons. The minimum absolute atomic E-state index is 0.159. The summed E-state index contributed by atoms with van der Waals surface area (Å²) >= 11 is 24.0. The van der Waals surface area contributed by atoms with Crippen LogP contribution in [0.4, 0.5) is 0 Å². The molecule has 0 fully saturated rings. The number of carbonyl (C=O) groups excluding carboxylic acids is 1. The van der Waals surface area contributed by atoms with Crippen LogP contribution < -0.4 is 0 Å². The number of halogens is 4. The van der Waals surface area contributed by atoms with Crippen LogP contribution in [0, 0.1) is 11.3 Å². The maximum atomic E-state index is 12.6. The molecule has 2 rings (SSSR count). The Morgan fingerprint density at radius 1 is 1.00 bits per heavy atom. The van der Waals surface area contributed by atoms with Crippen molar-refractivity contribution in [3.63, 3.8) is 0 Å². The molecule has 0 heterocycles. The maximum Gasteiger partial charge on any atom is 0.186 e. The summed E-state index contributed by atoms with van der Waals surface area (Å²) in [7, 11) is 0. The minimum Gasteiger partial charge on any atom is -0.292 e. The molecule has 0 spiro atoms. The highest BCUT2D eigenvalue weighted by atomic mass is 35.5. The van der Waals surface area contributed by atoms with E-state index in [1.165, 1.54) is 12.1 Å². The molecule has 0 aromatic heterocycles. The Morgan fingerprint density at radius 3 is 2.19 bits per heavy atom. The molecule has 1 atom stereocenters. The average molecular weight is 359 g/mol. The van der Waals surface area contributed by atoms with E-state index in [0.29, 0.717) is 5.02 Å². The predicted molar refractivity (Wildman–Crippen MR) is 85.6 cm³/mol. The van der Waals surface area contributed by atoms with Crippen LogP contribution in [-0.2, 0) is 0 Å². The lowest BCUT2D eigenvalue weighted by Gasteiger charge is -2.13. The number of Topliss-reactive ketones (excluding diaryl/α,β-unsaturated/α-hetero) is 1. The van der Waals surface area contributed by atoms with E-state index in [0.717, 1.165) is 0 Å². The molecule has 0 aliphatic heterocycles. The van der Waals surface area contributed by atoms with Crippen LogP contribution in [0.3, 0.4) is 0 Å². The van der Waals surface area contributed by atoms with Crippen molar-refractivity contribution in [1.29, 1.82) is 5.26 Å². The molecule has 1 unspecified atom stereocenters. The molecule has 21 heavy (non-hydrogen) atoms. The first kappa shape index (κ1) is 16.1. The van der Waals surface area contributed by atoms with Gasteiger partial charge in [-0.25, -0.2) is 0 Å². The second kappa shape index (κ2) is 6.68. The van der Waals surface area contributed by atoms with E-state index < -0.39 is 11.7 Å². The first-order chi connectivity index (χ1) is 9.95. The number of hydrogen-bond donors (Lipinski definition) is 0. The summed E-state index contributed by atoms with van der Waals surface area (Å²) in [5.74, 6) is -1.65. The third kappa shape index (κ3) is 3.33. The topological polar surface area (TPSA) is 40.9 Å². The van der Waals surface area contributed by atoms with E-state index in [2.05, 4.69) is 0 Å². The molecule has 0 saturated heterocycles. The number of rotatable bonds is 3. The molecule has 6 heteroatoms. The third-order valence-corrected chi connectivity index (χ3v) is 4.10. The van der Waals surface area contributed by atoms with Gasteiger partial charge in [0, 0.05) is 26.2 Å². The molecular weight excluding hydrogens is 352 g/mol. The van der Waals surface area contributed by atoms with Gasteiger partial charge in [0.15, 0.2) is 5.78 Å². The third-order valence-electron chi connectivity index (χ3n) is 2.87. The van der Waals surface area contributed by atoms with E-state index in [-0.39, 0.29) is 26.2 Å². The van der Waals surface area contributed by atoms with Crippen molar-refractivity contribution < 1.29 is 4.79 Å². The Hall–Kier alpha value is -1.24. The first-order valence-corrected chi connectivity index (χ1v) is 7.29. The SMILES string of the molecule is N#CC(C(=O)c1cc(Cl)ccc1Cl)c1c(Cl)cccc1Cl. The molecule has 0 amide bonds. The highest BCUT2D eigenvalue weighted by Crippen LogP contribution is 2.35. The summed E-state index contributed by atoms with van der Waals surface area (Å²) in [4.78, 5) is 12.6. The Bertz CT molecular complexity index is 732. The van der Waals surface area contributed by atoms with Crippen LogP contribution in [0.2, 0.25) is 20.1 Å². The molecular formula is C15H7Cl4NO. The molecule has 0 aliphatic carbocycles. The number of nitriles is 1. The lowest BCUT2D eigenvalue weighted by atomic mass is 9.91. The molecule has 0 radical (unpaired) electrons. The van der Waals surface area contributed by atoms with Gasteiger partial charge in [0.2, 0.25) is 0 Å². The van der Waals surface area contributed by atoms with Crippen LogP contribution in [0.1, 0.15) is 21.8 Å². The highest BCUT2D eigenvalue weighted by molar-refractivity contribution is 6.38. The summed E-state index contributed by atoms with van der Waals surface area (Å²) in [6.07, 6.45) is 0. The van der Waals surface area contributed by atoms with Crippen LogP contribution in [-0.4, -0.2) is 5.78 Å². The van der Waals surface area contributed by atoms with Gasteiger partial charge in [0.05, 0.1) is 11.1 Å². The quantitative estimate of drug-likeness (QED) is 0.651.